The Bertz CT molecular complexity index is 460. The minimum absolute atomic E-state index is 0.141. The summed E-state index contributed by atoms with van der Waals surface area (Å²) in [7, 11) is 0. The van der Waals surface area contributed by atoms with Crippen LogP contribution in [0.3, 0.4) is 0 Å². The zero-order valence-corrected chi connectivity index (χ0v) is 12.2. The number of hydrogen-bond donors (Lipinski definition) is 3. The number of hydrazine groups is 1. The van der Waals surface area contributed by atoms with Crippen molar-refractivity contribution < 1.29 is 4.79 Å². The molecular formula is C14H21ClN4O. The Morgan fingerprint density at radius 2 is 2.15 bits per heavy atom. The van der Waals surface area contributed by atoms with Gasteiger partial charge in [0.2, 0.25) is 0 Å². The van der Waals surface area contributed by atoms with Crippen LogP contribution in [0.4, 0.5) is 5.82 Å². The van der Waals surface area contributed by atoms with Gasteiger partial charge in [-0.25, -0.2) is 10.8 Å². The normalized spacial score (nSPS) is 15.3. The lowest BCUT2D eigenvalue weighted by Crippen LogP contribution is -2.25. The van der Waals surface area contributed by atoms with Crippen molar-refractivity contribution in [3.05, 3.63) is 22.8 Å². The summed E-state index contributed by atoms with van der Waals surface area (Å²) < 4.78 is 0. The van der Waals surface area contributed by atoms with Crippen molar-refractivity contribution in [1.82, 2.24) is 10.3 Å². The molecule has 2 rings (SSSR count). The maximum atomic E-state index is 12.0. The molecule has 0 radical (unpaired) electrons. The maximum absolute atomic E-state index is 12.0. The molecule has 1 heterocycles. The first-order valence-electron chi connectivity index (χ1n) is 7.11. The summed E-state index contributed by atoms with van der Waals surface area (Å²) >= 11 is 5.83. The van der Waals surface area contributed by atoms with Gasteiger partial charge < -0.3 is 10.7 Å². The molecule has 1 aromatic rings. The molecule has 1 amide bonds. The van der Waals surface area contributed by atoms with E-state index in [1.807, 2.05) is 0 Å². The first-order valence-corrected chi connectivity index (χ1v) is 7.49. The number of rotatable bonds is 6. The predicted octanol–water partition coefficient (Wildman–Crippen LogP) is 2.72. The van der Waals surface area contributed by atoms with E-state index in [0.29, 0.717) is 17.9 Å². The summed E-state index contributed by atoms with van der Waals surface area (Å²) in [6, 6.07) is 3.12. The minimum atomic E-state index is -0.141. The van der Waals surface area contributed by atoms with Crippen LogP contribution in [0.15, 0.2) is 12.1 Å². The quantitative estimate of drug-likeness (QED) is 0.326. The lowest BCUT2D eigenvalue weighted by Gasteiger charge is -2.10. The number of aromatic nitrogens is 1. The van der Waals surface area contributed by atoms with Gasteiger partial charge in [-0.15, -0.1) is 0 Å². The molecule has 1 fully saturated rings. The Labute approximate surface area is 124 Å². The van der Waals surface area contributed by atoms with Crippen LogP contribution >= 0.6 is 11.6 Å². The number of nitrogens with zero attached hydrogens (tertiary/aromatic N) is 1. The third-order valence-corrected chi connectivity index (χ3v) is 3.95. The average molecular weight is 297 g/mol. The van der Waals surface area contributed by atoms with Crippen LogP contribution < -0.4 is 16.6 Å². The molecule has 1 aliphatic carbocycles. The second-order valence-corrected chi connectivity index (χ2v) is 5.64. The molecule has 4 N–H and O–H groups in total. The summed E-state index contributed by atoms with van der Waals surface area (Å²) in [6.45, 7) is 0.695. The molecule has 0 bridgehead atoms. The van der Waals surface area contributed by atoms with Gasteiger partial charge >= 0.3 is 0 Å². The second-order valence-electron chi connectivity index (χ2n) is 5.26. The molecule has 0 aromatic carbocycles. The summed E-state index contributed by atoms with van der Waals surface area (Å²) in [5.74, 6) is 6.37. The van der Waals surface area contributed by atoms with Crippen molar-refractivity contribution in [1.29, 1.82) is 0 Å². The van der Waals surface area contributed by atoms with Crippen LogP contribution in [-0.2, 0) is 0 Å². The van der Waals surface area contributed by atoms with Crippen LogP contribution in [0.1, 0.15) is 48.9 Å². The number of pyridine rings is 1. The minimum Gasteiger partial charge on any atom is -0.352 e. The number of nitrogens with one attached hydrogen (secondary N) is 2. The predicted molar refractivity (Wildman–Crippen MR) is 80.6 cm³/mol. The van der Waals surface area contributed by atoms with Crippen molar-refractivity contribution in [2.45, 2.75) is 38.5 Å². The Balaban J connectivity index is 1.77. The molecule has 1 saturated carbocycles. The first-order chi connectivity index (χ1) is 9.69. The summed E-state index contributed by atoms with van der Waals surface area (Å²) in [6.07, 6.45) is 7.64. The van der Waals surface area contributed by atoms with Crippen LogP contribution in [-0.4, -0.2) is 17.4 Å². The second kappa shape index (κ2) is 7.45. The molecule has 110 valence electrons. The van der Waals surface area contributed by atoms with Gasteiger partial charge in [0.1, 0.15) is 11.0 Å². The lowest BCUT2D eigenvalue weighted by molar-refractivity contribution is 0.0952. The third-order valence-electron chi connectivity index (χ3n) is 3.75. The van der Waals surface area contributed by atoms with Gasteiger partial charge in [-0.3, -0.25) is 4.79 Å². The lowest BCUT2D eigenvalue weighted by atomic mass is 10.0. The highest BCUT2D eigenvalue weighted by Crippen LogP contribution is 2.28. The monoisotopic (exact) mass is 296 g/mol. The standard InChI is InChI=1S/C14H21ClN4O/c15-12-8-11(9-13(18-12)19-16)14(20)17-7-3-6-10-4-1-2-5-10/h8-10H,1-7,16H2,(H,17,20)(H,18,19). The molecule has 0 saturated heterocycles. The van der Waals surface area contributed by atoms with Gasteiger partial charge in [0, 0.05) is 12.1 Å². The van der Waals surface area contributed by atoms with Gasteiger partial charge in [0.05, 0.1) is 0 Å². The molecule has 6 heteroatoms. The summed E-state index contributed by atoms with van der Waals surface area (Å²) in [5, 5.41) is 3.15. The van der Waals surface area contributed by atoms with E-state index in [0.717, 1.165) is 12.3 Å². The zero-order valence-electron chi connectivity index (χ0n) is 11.5. The number of carbonyl (C=O) groups excluding carboxylic acids is 1. The SMILES string of the molecule is NNc1cc(C(=O)NCCCC2CCCC2)cc(Cl)n1. The van der Waals surface area contributed by atoms with Crippen LogP contribution in [0.25, 0.3) is 0 Å². The number of anilines is 1. The highest BCUT2D eigenvalue weighted by molar-refractivity contribution is 6.29. The Morgan fingerprint density at radius 3 is 2.85 bits per heavy atom. The van der Waals surface area contributed by atoms with Gasteiger partial charge in [-0.1, -0.05) is 37.3 Å². The largest absolute Gasteiger partial charge is 0.352 e. The Kier molecular flexibility index (Phi) is 5.61. The van der Waals surface area contributed by atoms with E-state index in [1.54, 1.807) is 6.07 Å². The molecule has 0 unspecified atom stereocenters. The van der Waals surface area contributed by atoms with Crippen molar-refractivity contribution in [2.75, 3.05) is 12.0 Å². The van der Waals surface area contributed by atoms with E-state index in [2.05, 4.69) is 15.7 Å². The fourth-order valence-corrected chi connectivity index (χ4v) is 2.90. The molecule has 0 aliphatic heterocycles. The van der Waals surface area contributed by atoms with E-state index in [4.69, 9.17) is 17.4 Å². The van der Waals surface area contributed by atoms with E-state index in [1.165, 1.54) is 38.2 Å². The smallest absolute Gasteiger partial charge is 0.251 e. The van der Waals surface area contributed by atoms with Gasteiger partial charge in [-0.05, 0) is 30.9 Å². The topological polar surface area (TPSA) is 80.0 Å². The first kappa shape index (κ1) is 15.1. The average Bonchev–Trinajstić information content (AvgIpc) is 2.95. The van der Waals surface area contributed by atoms with Gasteiger partial charge in [0.25, 0.3) is 5.91 Å². The van der Waals surface area contributed by atoms with Crippen molar-refractivity contribution in [2.24, 2.45) is 11.8 Å². The van der Waals surface area contributed by atoms with E-state index < -0.39 is 0 Å². The number of halogens is 1. The molecule has 1 aliphatic rings. The summed E-state index contributed by atoms with van der Waals surface area (Å²) in [4.78, 5) is 15.9. The van der Waals surface area contributed by atoms with Crippen LogP contribution in [0, 0.1) is 5.92 Å². The fraction of sp³-hybridized carbons (Fsp3) is 0.571. The third kappa shape index (κ3) is 4.35. The maximum Gasteiger partial charge on any atom is 0.251 e. The van der Waals surface area contributed by atoms with Crippen molar-refractivity contribution in [3.63, 3.8) is 0 Å². The Hall–Kier alpha value is -1.33. The molecule has 0 atom stereocenters. The van der Waals surface area contributed by atoms with Crippen LogP contribution in [0.2, 0.25) is 5.15 Å². The molecular weight excluding hydrogens is 276 g/mol. The molecule has 1 aromatic heterocycles. The number of nitrogens with two attached hydrogens (primary N) is 1. The highest BCUT2D eigenvalue weighted by atomic mass is 35.5. The van der Waals surface area contributed by atoms with Crippen molar-refractivity contribution in [3.8, 4) is 0 Å². The number of carbonyl (C=O) groups is 1. The zero-order chi connectivity index (χ0) is 14.4. The summed E-state index contributed by atoms with van der Waals surface area (Å²) in [5.41, 5.74) is 2.86. The van der Waals surface area contributed by atoms with E-state index in [-0.39, 0.29) is 11.1 Å². The fourth-order valence-electron chi connectivity index (χ4n) is 2.70. The molecule has 0 spiro atoms. The van der Waals surface area contributed by atoms with Gasteiger partial charge in [-0.2, -0.15) is 0 Å². The van der Waals surface area contributed by atoms with Crippen molar-refractivity contribution >= 4 is 23.3 Å². The van der Waals surface area contributed by atoms with E-state index in [9.17, 15) is 4.79 Å². The molecule has 5 nitrogen and oxygen atoms in total. The number of hydrogen-bond acceptors (Lipinski definition) is 4. The molecule has 20 heavy (non-hydrogen) atoms. The number of nitrogen functional groups attached to an aromatic ring is 1. The highest BCUT2D eigenvalue weighted by Gasteiger charge is 2.14. The van der Waals surface area contributed by atoms with Gasteiger partial charge in [0.15, 0.2) is 0 Å². The van der Waals surface area contributed by atoms with Crippen LogP contribution in [0.5, 0.6) is 0 Å². The number of amides is 1. The Morgan fingerprint density at radius 1 is 1.40 bits per heavy atom. The van der Waals surface area contributed by atoms with E-state index >= 15 is 0 Å².